The number of para-hydroxylation sites is 1. The SMILES string of the molecule is O=C(NCc1ccccc1[N+](=O)[O-])c1cccn1CCc1ccccc1. The van der Waals surface area contributed by atoms with E-state index in [1.165, 1.54) is 11.6 Å². The van der Waals surface area contributed by atoms with E-state index in [9.17, 15) is 14.9 Å². The summed E-state index contributed by atoms with van der Waals surface area (Å²) < 4.78 is 1.89. The quantitative estimate of drug-likeness (QED) is 0.523. The van der Waals surface area contributed by atoms with Crippen molar-refractivity contribution in [1.82, 2.24) is 9.88 Å². The zero-order chi connectivity index (χ0) is 18.4. The van der Waals surface area contributed by atoms with Gasteiger partial charge < -0.3 is 9.88 Å². The minimum absolute atomic E-state index is 0.00672. The minimum atomic E-state index is -0.440. The van der Waals surface area contributed by atoms with Crippen molar-refractivity contribution < 1.29 is 9.72 Å². The average molecular weight is 349 g/mol. The number of aromatic nitrogens is 1. The van der Waals surface area contributed by atoms with Crippen LogP contribution in [0.4, 0.5) is 5.69 Å². The molecule has 0 radical (unpaired) electrons. The molecule has 0 unspecified atom stereocenters. The van der Waals surface area contributed by atoms with E-state index in [-0.39, 0.29) is 18.1 Å². The van der Waals surface area contributed by atoms with Crippen LogP contribution in [0.15, 0.2) is 72.9 Å². The first-order chi connectivity index (χ1) is 12.6. The molecule has 0 atom stereocenters. The number of aryl methyl sites for hydroxylation is 2. The molecule has 1 aromatic heterocycles. The number of nitro groups is 1. The highest BCUT2D eigenvalue weighted by molar-refractivity contribution is 5.92. The second-order valence-corrected chi connectivity index (χ2v) is 5.89. The molecule has 3 aromatic rings. The molecule has 132 valence electrons. The van der Waals surface area contributed by atoms with Gasteiger partial charge in [0.2, 0.25) is 0 Å². The topological polar surface area (TPSA) is 77.2 Å². The van der Waals surface area contributed by atoms with Crippen molar-refractivity contribution in [3.8, 4) is 0 Å². The second-order valence-electron chi connectivity index (χ2n) is 5.89. The average Bonchev–Trinajstić information content (AvgIpc) is 3.14. The molecular formula is C20H19N3O3. The third kappa shape index (κ3) is 4.16. The fourth-order valence-corrected chi connectivity index (χ4v) is 2.81. The number of nitrogens with one attached hydrogen (secondary N) is 1. The predicted octanol–water partition coefficient (Wildman–Crippen LogP) is 3.57. The maximum Gasteiger partial charge on any atom is 0.274 e. The normalized spacial score (nSPS) is 10.5. The number of hydrogen-bond donors (Lipinski definition) is 1. The third-order valence-electron chi connectivity index (χ3n) is 4.17. The third-order valence-corrected chi connectivity index (χ3v) is 4.17. The number of carbonyl (C=O) groups is 1. The van der Waals surface area contributed by atoms with Gasteiger partial charge in [0.05, 0.1) is 4.92 Å². The summed E-state index contributed by atoms with van der Waals surface area (Å²) >= 11 is 0. The van der Waals surface area contributed by atoms with Gasteiger partial charge >= 0.3 is 0 Å². The van der Waals surface area contributed by atoms with Crippen LogP contribution in [0, 0.1) is 10.1 Å². The van der Waals surface area contributed by atoms with E-state index in [0.717, 1.165) is 6.42 Å². The zero-order valence-corrected chi connectivity index (χ0v) is 14.2. The van der Waals surface area contributed by atoms with Crippen LogP contribution in [0.25, 0.3) is 0 Å². The van der Waals surface area contributed by atoms with Crippen molar-refractivity contribution in [2.45, 2.75) is 19.5 Å². The summed E-state index contributed by atoms with van der Waals surface area (Å²) in [6, 6.07) is 20.0. The number of hydrogen-bond acceptors (Lipinski definition) is 3. The summed E-state index contributed by atoms with van der Waals surface area (Å²) in [4.78, 5) is 23.1. The van der Waals surface area contributed by atoms with Crippen molar-refractivity contribution in [2.75, 3.05) is 0 Å². The van der Waals surface area contributed by atoms with Gasteiger partial charge in [-0.1, -0.05) is 48.5 Å². The lowest BCUT2D eigenvalue weighted by Crippen LogP contribution is -2.26. The number of nitro benzene ring substituents is 1. The Bertz CT molecular complexity index is 903. The van der Waals surface area contributed by atoms with Crippen molar-refractivity contribution in [2.24, 2.45) is 0 Å². The molecule has 6 nitrogen and oxygen atoms in total. The van der Waals surface area contributed by atoms with Gasteiger partial charge in [-0.15, -0.1) is 0 Å². The van der Waals surface area contributed by atoms with Crippen LogP contribution in [-0.2, 0) is 19.5 Å². The smallest absolute Gasteiger partial charge is 0.274 e. The van der Waals surface area contributed by atoms with Crippen LogP contribution in [-0.4, -0.2) is 15.4 Å². The van der Waals surface area contributed by atoms with Crippen LogP contribution in [0.2, 0.25) is 0 Å². The van der Waals surface area contributed by atoms with Gasteiger partial charge in [0.15, 0.2) is 0 Å². The first-order valence-corrected chi connectivity index (χ1v) is 8.34. The Balaban J connectivity index is 1.64. The summed E-state index contributed by atoms with van der Waals surface area (Å²) in [6.07, 6.45) is 2.68. The summed E-state index contributed by atoms with van der Waals surface area (Å²) in [7, 11) is 0. The lowest BCUT2D eigenvalue weighted by Gasteiger charge is -2.10. The molecule has 1 N–H and O–H groups in total. The van der Waals surface area contributed by atoms with E-state index < -0.39 is 4.92 Å². The Morgan fingerprint density at radius 3 is 2.50 bits per heavy atom. The van der Waals surface area contributed by atoms with Crippen molar-refractivity contribution in [3.05, 3.63) is 99.9 Å². The molecular weight excluding hydrogens is 330 g/mol. The van der Waals surface area contributed by atoms with E-state index in [1.54, 1.807) is 24.3 Å². The Morgan fingerprint density at radius 2 is 1.73 bits per heavy atom. The minimum Gasteiger partial charge on any atom is -0.346 e. The Morgan fingerprint density at radius 1 is 1.00 bits per heavy atom. The van der Waals surface area contributed by atoms with Crippen LogP contribution >= 0.6 is 0 Å². The van der Waals surface area contributed by atoms with E-state index in [1.807, 2.05) is 35.0 Å². The molecule has 0 saturated heterocycles. The molecule has 6 heteroatoms. The number of benzene rings is 2. The maximum absolute atomic E-state index is 12.5. The molecule has 0 bridgehead atoms. The fraction of sp³-hybridized carbons (Fsp3) is 0.150. The van der Waals surface area contributed by atoms with Gasteiger partial charge in [-0.2, -0.15) is 0 Å². The molecule has 0 aliphatic heterocycles. The van der Waals surface area contributed by atoms with Gasteiger partial charge in [0, 0.05) is 30.9 Å². The van der Waals surface area contributed by atoms with Crippen molar-refractivity contribution >= 4 is 11.6 Å². The monoisotopic (exact) mass is 349 g/mol. The van der Waals surface area contributed by atoms with Gasteiger partial charge in [0.25, 0.3) is 11.6 Å². The maximum atomic E-state index is 12.5. The summed E-state index contributed by atoms with van der Waals surface area (Å²) in [5, 5.41) is 13.8. The van der Waals surface area contributed by atoms with Gasteiger partial charge in [-0.25, -0.2) is 0 Å². The molecule has 1 heterocycles. The van der Waals surface area contributed by atoms with Crippen LogP contribution in [0.3, 0.4) is 0 Å². The van der Waals surface area contributed by atoms with E-state index >= 15 is 0 Å². The highest BCUT2D eigenvalue weighted by Crippen LogP contribution is 2.17. The number of nitrogens with zero attached hydrogens (tertiary/aromatic N) is 2. The van der Waals surface area contributed by atoms with E-state index in [4.69, 9.17) is 0 Å². The highest BCUT2D eigenvalue weighted by atomic mass is 16.6. The molecule has 0 saturated carbocycles. The molecule has 0 spiro atoms. The highest BCUT2D eigenvalue weighted by Gasteiger charge is 2.15. The molecule has 0 aliphatic carbocycles. The molecule has 1 amide bonds. The molecule has 26 heavy (non-hydrogen) atoms. The van der Waals surface area contributed by atoms with E-state index in [0.29, 0.717) is 17.8 Å². The Hall–Kier alpha value is -3.41. The van der Waals surface area contributed by atoms with Crippen LogP contribution < -0.4 is 5.32 Å². The van der Waals surface area contributed by atoms with E-state index in [2.05, 4.69) is 17.4 Å². The van der Waals surface area contributed by atoms with Crippen LogP contribution in [0.5, 0.6) is 0 Å². The number of carbonyl (C=O) groups excluding carboxylic acids is 1. The molecule has 0 aliphatic rings. The molecule has 2 aromatic carbocycles. The lowest BCUT2D eigenvalue weighted by molar-refractivity contribution is -0.385. The van der Waals surface area contributed by atoms with Crippen molar-refractivity contribution in [3.63, 3.8) is 0 Å². The van der Waals surface area contributed by atoms with Gasteiger partial charge in [0.1, 0.15) is 5.69 Å². The first kappa shape index (κ1) is 17.4. The number of rotatable bonds is 7. The van der Waals surface area contributed by atoms with Crippen LogP contribution in [0.1, 0.15) is 21.6 Å². The fourth-order valence-electron chi connectivity index (χ4n) is 2.81. The second kappa shape index (κ2) is 8.11. The summed E-state index contributed by atoms with van der Waals surface area (Å²) in [5.41, 5.74) is 2.23. The largest absolute Gasteiger partial charge is 0.346 e. The Kier molecular flexibility index (Phi) is 5.43. The van der Waals surface area contributed by atoms with Gasteiger partial charge in [-0.3, -0.25) is 14.9 Å². The standard InChI is InChI=1S/C20H19N3O3/c24-20(21-15-17-9-4-5-10-18(17)23(25)26)19-11-6-13-22(19)14-12-16-7-2-1-3-8-16/h1-11,13H,12,14-15H2,(H,21,24). The van der Waals surface area contributed by atoms with Crippen molar-refractivity contribution in [1.29, 1.82) is 0 Å². The lowest BCUT2D eigenvalue weighted by atomic mass is 10.1. The molecule has 3 rings (SSSR count). The predicted molar refractivity (Wildman–Crippen MR) is 98.8 cm³/mol. The first-order valence-electron chi connectivity index (χ1n) is 8.34. The number of amides is 1. The molecule has 0 fully saturated rings. The van der Waals surface area contributed by atoms with Gasteiger partial charge in [-0.05, 0) is 24.1 Å². The zero-order valence-electron chi connectivity index (χ0n) is 14.2. The summed E-state index contributed by atoms with van der Waals surface area (Å²) in [5.74, 6) is -0.249. The summed E-state index contributed by atoms with van der Waals surface area (Å²) in [6.45, 7) is 0.797. The Labute approximate surface area is 151 Å².